The standard InChI is InChI=1S/C21H17ClN4O2/c1-12-18-19(16(10-23)20(24)28-21(18)26-25-12)13-6-8-15(9-7-13)27-11-14-4-2-3-5-17(14)22/h2-9,19H,11,24H2,1H3,(H,25,26)/t19-/m1/s1. The summed E-state index contributed by atoms with van der Waals surface area (Å²) in [5.74, 6) is 0.837. The maximum atomic E-state index is 9.60. The van der Waals surface area contributed by atoms with E-state index in [1.807, 2.05) is 55.5 Å². The molecule has 1 aromatic heterocycles. The van der Waals surface area contributed by atoms with E-state index in [0.717, 1.165) is 22.4 Å². The molecule has 0 unspecified atom stereocenters. The smallest absolute Gasteiger partial charge is 0.244 e. The fraction of sp³-hybridized carbons (Fsp3) is 0.143. The van der Waals surface area contributed by atoms with Crippen molar-refractivity contribution >= 4 is 11.6 Å². The highest BCUT2D eigenvalue weighted by molar-refractivity contribution is 6.31. The monoisotopic (exact) mass is 392 g/mol. The molecule has 7 heteroatoms. The maximum Gasteiger partial charge on any atom is 0.244 e. The first-order valence-electron chi connectivity index (χ1n) is 8.67. The topological polar surface area (TPSA) is 97.0 Å². The molecule has 3 aromatic rings. The molecule has 3 N–H and O–H groups in total. The fourth-order valence-corrected chi connectivity index (χ4v) is 3.46. The summed E-state index contributed by atoms with van der Waals surface area (Å²) in [5, 5.41) is 17.3. The van der Waals surface area contributed by atoms with Crippen LogP contribution in [0.1, 0.15) is 28.3 Å². The van der Waals surface area contributed by atoms with Crippen LogP contribution >= 0.6 is 11.6 Å². The van der Waals surface area contributed by atoms with Gasteiger partial charge in [0.15, 0.2) is 0 Å². The summed E-state index contributed by atoms with van der Waals surface area (Å²) in [4.78, 5) is 0. The van der Waals surface area contributed by atoms with Crippen LogP contribution in [-0.4, -0.2) is 10.2 Å². The van der Waals surface area contributed by atoms with Gasteiger partial charge in [0.25, 0.3) is 0 Å². The third-order valence-corrected chi connectivity index (χ3v) is 5.06. The van der Waals surface area contributed by atoms with E-state index in [0.29, 0.717) is 28.8 Å². The SMILES string of the molecule is Cc1[nH]nc2c1[C@H](c1ccc(OCc3ccccc3Cl)cc1)C(C#N)=C(N)O2. The Morgan fingerprint density at radius 3 is 2.71 bits per heavy atom. The number of H-pyrrole nitrogens is 1. The largest absolute Gasteiger partial charge is 0.489 e. The molecule has 0 amide bonds. The first-order valence-corrected chi connectivity index (χ1v) is 9.05. The molecule has 1 aliphatic rings. The van der Waals surface area contributed by atoms with Crippen molar-refractivity contribution in [2.45, 2.75) is 19.4 Å². The minimum atomic E-state index is -0.342. The molecule has 2 heterocycles. The van der Waals surface area contributed by atoms with Gasteiger partial charge < -0.3 is 15.2 Å². The van der Waals surface area contributed by atoms with E-state index in [4.69, 9.17) is 26.8 Å². The molecule has 0 radical (unpaired) electrons. The van der Waals surface area contributed by atoms with Crippen LogP contribution in [0.15, 0.2) is 60.0 Å². The number of hydrogen-bond donors (Lipinski definition) is 2. The van der Waals surface area contributed by atoms with Crippen LogP contribution in [0, 0.1) is 18.3 Å². The van der Waals surface area contributed by atoms with Gasteiger partial charge in [0.2, 0.25) is 11.8 Å². The number of nitrogens with one attached hydrogen (secondary N) is 1. The maximum absolute atomic E-state index is 9.60. The number of ether oxygens (including phenoxy) is 2. The summed E-state index contributed by atoms with van der Waals surface area (Å²) >= 11 is 6.17. The van der Waals surface area contributed by atoms with Crippen molar-refractivity contribution in [3.05, 3.63) is 87.4 Å². The van der Waals surface area contributed by atoms with E-state index in [-0.39, 0.29) is 11.8 Å². The number of halogens is 1. The highest BCUT2D eigenvalue weighted by Gasteiger charge is 2.34. The van der Waals surface area contributed by atoms with Gasteiger partial charge >= 0.3 is 0 Å². The number of aromatic nitrogens is 2. The number of aryl methyl sites for hydroxylation is 1. The van der Waals surface area contributed by atoms with E-state index in [2.05, 4.69) is 16.3 Å². The molecule has 2 aromatic carbocycles. The number of nitrogens with two attached hydrogens (primary N) is 1. The number of nitriles is 1. The van der Waals surface area contributed by atoms with Gasteiger partial charge in [-0.15, -0.1) is 5.10 Å². The number of nitrogens with zero attached hydrogens (tertiary/aromatic N) is 2. The zero-order chi connectivity index (χ0) is 19.7. The minimum Gasteiger partial charge on any atom is -0.489 e. The van der Waals surface area contributed by atoms with Crippen LogP contribution < -0.4 is 15.2 Å². The van der Waals surface area contributed by atoms with Gasteiger partial charge in [-0.25, -0.2) is 0 Å². The van der Waals surface area contributed by atoms with Gasteiger partial charge in [0.1, 0.15) is 24.0 Å². The Morgan fingerprint density at radius 1 is 1.25 bits per heavy atom. The molecular weight excluding hydrogens is 376 g/mol. The van der Waals surface area contributed by atoms with Crippen LogP contribution in [0.25, 0.3) is 0 Å². The molecule has 0 saturated heterocycles. The third-order valence-electron chi connectivity index (χ3n) is 4.70. The molecule has 1 aliphatic heterocycles. The zero-order valence-corrected chi connectivity index (χ0v) is 15.8. The van der Waals surface area contributed by atoms with Crippen molar-refractivity contribution in [2.75, 3.05) is 0 Å². The number of allylic oxidation sites excluding steroid dienone is 1. The van der Waals surface area contributed by atoms with Gasteiger partial charge in [0.05, 0.1) is 5.92 Å². The predicted octanol–water partition coefficient (Wildman–Crippen LogP) is 4.17. The van der Waals surface area contributed by atoms with Gasteiger partial charge in [-0.05, 0) is 30.7 Å². The Labute approximate surface area is 167 Å². The van der Waals surface area contributed by atoms with Crippen molar-refractivity contribution in [3.8, 4) is 17.7 Å². The van der Waals surface area contributed by atoms with Crippen LogP contribution in [0.3, 0.4) is 0 Å². The highest BCUT2D eigenvalue weighted by atomic mass is 35.5. The summed E-state index contributed by atoms with van der Waals surface area (Å²) in [6.45, 7) is 2.26. The first kappa shape index (κ1) is 18.0. The van der Waals surface area contributed by atoms with Crippen LogP contribution in [-0.2, 0) is 6.61 Å². The van der Waals surface area contributed by atoms with Crippen LogP contribution in [0.5, 0.6) is 11.6 Å². The predicted molar refractivity (Wildman–Crippen MR) is 105 cm³/mol. The van der Waals surface area contributed by atoms with E-state index in [1.54, 1.807) is 0 Å². The average molecular weight is 393 g/mol. The van der Waals surface area contributed by atoms with Crippen LogP contribution in [0.2, 0.25) is 5.02 Å². The van der Waals surface area contributed by atoms with Crippen molar-refractivity contribution < 1.29 is 9.47 Å². The lowest BCUT2D eigenvalue weighted by atomic mass is 9.84. The van der Waals surface area contributed by atoms with Crippen LogP contribution in [0.4, 0.5) is 0 Å². The van der Waals surface area contributed by atoms with Gasteiger partial charge in [-0.2, -0.15) is 5.26 Å². The van der Waals surface area contributed by atoms with E-state index in [1.165, 1.54) is 0 Å². The summed E-state index contributed by atoms with van der Waals surface area (Å²) < 4.78 is 11.3. The third kappa shape index (κ3) is 3.17. The summed E-state index contributed by atoms with van der Waals surface area (Å²) in [7, 11) is 0. The molecule has 0 fully saturated rings. The molecule has 0 bridgehead atoms. The molecule has 140 valence electrons. The highest BCUT2D eigenvalue weighted by Crippen LogP contribution is 2.42. The van der Waals surface area contributed by atoms with E-state index < -0.39 is 0 Å². The molecule has 0 saturated carbocycles. The average Bonchev–Trinajstić information content (AvgIpc) is 3.07. The normalized spacial score (nSPS) is 15.5. The second-order valence-corrected chi connectivity index (χ2v) is 6.85. The molecule has 4 rings (SSSR count). The number of benzene rings is 2. The van der Waals surface area contributed by atoms with Gasteiger partial charge in [-0.3, -0.25) is 5.10 Å². The number of fused-ring (bicyclic) bond motifs is 1. The Bertz CT molecular complexity index is 1100. The lowest BCUT2D eigenvalue weighted by Crippen LogP contribution is -2.21. The lowest BCUT2D eigenvalue weighted by Gasteiger charge is -2.23. The van der Waals surface area contributed by atoms with Crippen molar-refractivity contribution in [1.29, 1.82) is 5.26 Å². The molecule has 0 aliphatic carbocycles. The van der Waals surface area contributed by atoms with Gasteiger partial charge in [-0.1, -0.05) is 41.9 Å². The minimum absolute atomic E-state index is 0.0746. The molecular formula is C21H17ClN4O2. The molecule has 0 spiro atoms. The number of rotatable bonds is 4. The van der Waals surface area contributed by atoms with Crippen molar-refractivity contribution in [1.82, 2.24) is 10.2 Å². The molecule has 6 nitrogen and oxygen atoms in total. The Balaban J connectivity index is 1.61. The zero-order valence-electron chi connectivity index (χ0n) is 15.1. The quantitative estimate of drug-likeness (QED) is 0.694. The second-order valence-electron chi connectivity index (χ2n) is 6.44. The Morgan fingerprint density at radius 2 is 2.00 bits per heavy atom. The molecule has 28 heavy (non-hydrogen) atoms. The van der Waals surface area contributed by atoms with Crippen molar-refractivity contribution in [3.63, 3.8) is 0 Å². The van der Waals surface area contributed by atoms with E-state index >= 15 is 0 Å². The Hall–Kier alpha value is -3.43. The molecule has 1 atom stereocenters. The summed E-state index contributed by atoms with van der Waals surface area (Å²) in [6, 6.07) is 17.3. The lowest BCUT2D eigenvalue weighted by molar-refractivity contribution is 0.306. The summed E-state index contributed by atoms with van der Waals surface area (Å²) in [5.41, 5.74) is 9.77. The number of hydrogen-bond acceptors (Lipinski definition) is 5. The first-order chi connectivity index (χ1) is 13.6. The fourth-order valence-electron chi connectivity index (χ4n) is 3.27. The summed E-state index contributed by atoms with van der Waals surface area (Å²) in [6.07, 6.45) is 0. The van der Waals surface area contributed by atoms with Crippen molar-refractivity contribution in [2.24, 2.45) is 5.73 Å². The second kappa shape index (κ2) is 7.29. The Kier molecular flexibility index (Phi) is 4.68. The number of aromatic amines is 1. The van der Waals surface area contributed by atoms with Gasteiger partial charge in [0, 0.05) is 21.8 Å². The van der Waals surface area contributed by atoms with E-state index in [9.17, 15) is 5.26 Å².